The highest BCUT2D eigenvalue weighted by Gasteiger charge is 2.32. The van der Waals surface area contributed by atoms with E-state index in [0.717, 1.165) is 37.4 Å². The molecule has 1 aliphatic rings. The highest BCUT2D eigenvalue weighted by molar-refractivity contribution is 9.09. The van der Waals surface area contributed by atoms with Gasteiger partial charge in [-0.25, -0.2) is 4.57 Å². The van der Waals surface area contributed by atoms with Crippen LogP contribution in [0.1, 0.15) is 129 Å². The number of carbonyl (C=O) groups is 1. The van der Waals surface area contributed by atoms with E-state index in [0.29, 0.717) is 19.6 Å². The van der Waals surface area contributed by atoms with Crippen molar-refractivity contribution in [1.29, 1.82) is 0 Å². The van der Waals surface area contributed by atoms with E-state index in [1.807, 2.05) is 0 Å². The van der Waals surface area contributed by atoms with E-state index in [4.69, 9.17) is 13.8 Å². The van der Waals surface area contributed by atoms with Crippen molar-refractivity contribution in [3.8, 4) is 0 Å². The minimum Gasteiger partial charge on any atom is -0.375 e. The molecular formula is C28H55BrNO6PS. The van der Waals surface area contributed by atoms with Crippen molar-refractivity contribution in [3.63, 3.8) is 0 Å². The second kappa shape index (κ2) is 25.1. The van der Waals surface area contributed by atoms with Crippen molar-refractivity contribution >= 4 is 40.8 Å². The number of phosphoric acid groups is 1. The Morgan fingerprint density at radius 1 is 0.921 bits per heavy atom. The second-order valence-electron chi connectivity index (χ2n) is 10.4. The van der Waals surface area contributed by atoms with Gasteiger partial charge < -0.3 is 14.9 Å². The zero-order valence-electron chi connectivity index (χ0n) is 23.8. The van der Waals surface area contributed by atoms with Crippen LogP contribution in [0.5, 0.6) is 0 Å². The standard InChI is InChI=1S/C28H55BrNO6PS/c1-2-3-4-5-6-7-8-9-10-11-12-13-14-15-17-22-30-28(31)38-27-20-19-23-34-26(27)25-36-37(32,33)35-24-18-16-21-29/h26-27H,2-25H2,1H3,(H,30,31)(H,32,33)/t26-,27-/m0/s1. The van der Waals surface area contributed by atoms with Crippen LogP contribution < -0.4 is 5.32 Å². The average molecular weight is 645 g/mol. The second-order valence-corrected chi connectivity index (χ2v) is 13.8. The molecule has 0 aromatic heterocycles. The number of ether oxygens (including phenoxy) is 1. The number of phosphoric ester groups is 1. The zero-order chi connectivity index (χ0) is 27.7. The number of unbranched alkanes of at least 4 members (excludes halogenated alkanes) is 15. The van der Waals surface area contributed by atoms with Gasteiger partial charge in [-0.05, 0) is 32.1 Å². The third kappa shape index (κ3) is 21.2. The maximum atomic E-state index is 12.4. The van der Waals surface area contributed by atoms with Gasteiger partial charge in [0.1, 0.15) is 0 Å². The van der Waals surface area contributed by atoms with Crippen LogP contribution in [0.25, 0.3) is 0 Å². The van der Waals surface area contributed by atoms with Gasteiger partial charge >= 0.3 is 7.82 Å². The number of rotatable bonds is 25. The molecule has 0 spiro atoms. The molecule has 7 nitrogen and oxygen atoms in total. The minimum absolute atomic E-state index is 0.0593. The highest BCUT2D eigenvalue weighted by atomic mass is 79.9. The molecule has 38 heavy (non-hydrogen) atoms. The Bertz CT molecular complexity index is 618. The third-order valence-corrected chi connectivity index (χ3v) is 9.62. The highest BCUT2D eigenvalue weighted by Crippen LogP contribution is 2.44. The largest absolute Gasteiger partial charge is 0.472 e. The molecule has 1 fully saturated rings. The smallest absolute Gasteiger partial charge is 0.375 e. The number of alkyl halides is 1. The van der Waals surface area contributed by atoms with Gasteiger partial charge in [0.15, 0.2) is 0 Å². The fourth-order valence-corrected chi connectivity index (χ4v) is 6.77. The van der Waals surface area contributed by atoms with Gasteiger partial charge in [0.25, 0.3) is 5.24 Å². The normalized spacial score (nSPS) is 19.3. The zero-order valence-corrected chi connectivity index (χ0v) is 27.1. The first-order valence-electron chi connectivity index (χ1n) is 15.2. The molecule has 10 heteroatoms. The number of hydrogen-bond acceptors (Lipinski definition) is 6. The molecule has 1 saturated heterocycles. The summed E-state index contributed by atoms with van der Waals surface area (Å²) >= 11 is 4.54. The Morgan fingerprint density at radius 2 is 1.50 bits per heavy atom. The van der Waals surface area contributed by atoms with Gasteiger partial charge in [-0.15, -0.1) is 0 Å². The summed E-state index contributed by atoms with van der Waals surface area (Å²) in [5.74, 6) is 0. The fourth-order valence-electron chi connectivity index (χ4n) is 4.55. The van der Waals surface area contributed by atoms with Crippen LogP contribution in [0.4, 0.5) is 4.79 Å². The van der Waals surface area contributed by atoms with Crippen molar-refractivity contribution in [3.05, 3.63) is 0 Å². The number of amides is 1. The van der Waals surface area contributed by atoms with Crippen molar-refractivity contribution in [2.75, 3.05) is 31.7 Å². The van der Waals surface area contributed by atoms with Crippen LogP contribution in [-0.2, 0) is 18.3 Å². The van der Waals surface area contributed by atoms with Crippen molar-refractivity contribution in [2.45, 2.75) is 140 Å². The SMILES string of the molecule is CCCCCCCCCCCCCCCCCNC(=O)S[C@H]1CCCO[C@H]1COP(=O)(O)OCCCCBr. The fraction of sp³-hybridized carbons (Fsp3) is 0.964. The van der Waals surface area contributed by atoms with Crippen LogP contribution in [0.2, 0.25) is 0 Å². The molecular weight excluding hydrogens is 589 g/mol. The van der Waals surface area contributed by atoms with Crippen molar-refractivity contribution in [1.82, 2.24) is 5.32 Å². The summed E-state index contributed by atoms with van der Waals surface area (Å²) in [6.07, 6.45) is 22.7. The predicted molar refractivity (Wildman–Crippen MR) is 163 cm³/mol. The molecule has 1 rings (SSSR count). The van der Waals surface area contributed by atoms with E-state index in [9.17, 15) is 14.3 Å². The first-order valence-corrected chi connectivity index (χ1v) is 18.7. The van der Waals surface area contributed by atoms with Gasteiger partial charge in [-0.2, -0.15) is 0 Å². The Balaban J connectivity index is 2.02. The Labute approximate surface area is 245 Å². The van der Waals surface area contributed by atoms with Crippen LogP contribution in [0, 0.1) is 0 Å². The Morgan fingerprint density at radius 3 is 2.08 bits per heavy atom. The molecule has 1 amide bonds. The van der Waals surface area contributed by atoms with E-state index in [1.165, 1.54) is 95.2 Å². The van der Waals surface area contributed by atoms with Crippen molar-refractivity contribution < 1.29 is 28.0 Å². The number of halogens is 1. The minimum atomic E-state index is -4.11. The van der Waals surface area contributed by atoms with E-state index < -0.39 is 13.9 Å². The summed E-state index contributed by atoms with van der Waals surface area (Å²) < 4.78 is 28.0. The number of thioether (sulfide) groups is 1. The summed E-state index contributed by atoms with van der Waals surface area (Å²) in [5.41, 5.74) is 0. The van der Waals surface area contributed by atoms with Gasteiger partial charge in [0.2, 0.25) is 0 Å². The van der Waals surface area contributed by atoms with Crippen LogP contribution >= 0.6 is 35.5 Å². The van der Waals surface area contributed by atoms with E-state index >= 15 is 0 Å². The molecule has 1 heterocycles. The number of hydrogen-bond donors (Lipinski definition) is 2. The van der Waals surface area contributed by atoms with E-state index in [1.54, 1.807) is 0 Å². The monoisotopic (exact) mass is 643 g/mol. The molecule has 226 valence electrons. The Kier molecular flexibility index (Phi) is 24.0. The van der Waals surface area contributed by atoms with E-state index in [-0.39, 0.29) is 23.7 Å². The molecule has 0 radical (unpaired) electrons. The molecule has 0 bridgehead atoms. The lowest BCUT2D eigenvalue weighted by Crippen LogP contribution is -2.37. The van der Waals surface area contributed by atoms with Gasteiger partial charge in [-0.1, -0.05) is 125 Å². The van der Waals surface area contributed by atoms with Gasteiger partial charge in [0.05, 0.1) is 19.3 Å². The Hall–Kier alpha value is 0.370. The summed E-state index contributed by atoms with van der Waals surface area (Å²) in [6, 6.07) is 0. The lowest BCUT2D eigenvalue weighted by atomic mass is 10.0. The van der Waals surface area contributed by atoms with Crippen LogP contribution in [-0.4, -0.2) is 53.2 Å². The van der Waals surface area contributed by atoms with Crippen molar-refractivity contribution in [2.24, 2.45) is 0 Å². The summed E-state index contributed by atoms with van der Waals surface area (Å²) in [7, 11) is -4.11. The lowest BCUT2D eigenvalue weighted by Gasteiger charge is -2.30. The molecule has 0 aromatic carbocycles. The lowest BCUT2D eigenvalue weighted by molar-refractivity contribution is -0.0148. The quantitative estimate of drug-likeness (QED) is 0.0582. The summed E-state index contributed by atoms with van der Waals surface area (Å²) in [5, 5.41) is 3.67. The van der Waals surface area contributed by atoms with E-state index in [2.05, 4.69) is 28.2 Å². The van der Waals surface area contributed by atoms with Gasteiger partial charge in [-0.3, -0.25) is 13.8 Å². The molecule has 2 N–H and O–H groups in total. The topological polar surface area (TPSA) is 94.1 Å². The molecule has 1 aliphatic heterocycles. The molecule has 0 aliphatic carbocycles. The summed E-state index contributed by atoms with van der Waals surface area (Å²) in [6.45, 7) is 3.63. The maximum absolute atomic E-state index is 12.4. The number of nitrogens with one attached hydrogen (secondary N) is 1. The number of carbonyl (C=O) groups excluding carboxylic acids is 1. The maximum Gasteiger partial charge on any atom is 0.472 e. The average Bonchev–Trinajstić information content (AvgIpc) is 2.90. The van der Waals surface area contributed by atoms with Gasteiger partial charge in [0, 0.05) is 23.7 Å². The third-order valence-electron chi connectivity index (χ3n) is 6.87. The predicted octanol–water partition coefficient (Wildman–Crippen LogP) is 9.16. The molecule has 1 unspecified atom stereocenters. The molecule has 0 saturated carbocycles. The first kappa shape index (κ1) is 36.4. The van der Waals surface area contributed by atoms with Crippen LogP contribution in [0.15, 0.2) is 0 Å². The van der Waals surface area contributed by atoms with Crippen LogP contribution in [0.3, 0.4) is 0 Å². The first-order chi connectivity index (χ1) is 18.5. The summed E-state index contributed by atoms with van der Waals surface area (Å²) in [4.78, 5) is 22.3. The molecule has 3 atom stereocenters. The molecule has 0 aromatic rings.